The standard InChI is InChI=1S/C20H26N2O2S/c1-17-5-7-19(8-6-17)16-25(23,24)21-15-18-9-11-20(12-10-18)22-13-3-2-4-14-22/h5-12,21H,2-4,13-16H2,1H3. The summed E-state index contributed by atoms with van der Waals surface area (Å²) in [7, 11) is -3.34. The molecule has 0 atom stereocenters. The molecule has 0 amide bonds. The number of aryl methyl sites for hydroxylation is 1. The molecule has 1 heterocycles. The number of sulfonamides is 1. The predicted molar refractivity (Wildman–Crippen MR) is 103 cm³/mol. The van der Waals surface area contributed by atoms with E-state index in [1.807, 2.05) is 43.3 Å². The highest BCUT2D eigenvalue weighted by molar-refractivity contribution is 7.88. The highest BCUT2D eigenvalue weighted by Crippen LogP contribution is 2.20. The van der Waals surface area contributed by atoms with Crippen LogP contribution in [0, 0.1) is 6.92 Å². The van der Waals surface area contributed by atoms with Gasteiger partial charge in [0.1, 0.15) is 0 Å². The molecule has 1 aliphatic heterocycles. The lowest BCUT2D eigenvalue weighted by Crippen LogP contribution is -2.29. The van der Waals surface area contributed by atoms with Gasteiger partial charge in [-0.25, -0.2) is 13.1 Å². The molecule has 5 heteroatoms. The fraction of sp³-hybridized carbons (Fsp3) is 0.400. The maximum atomic E-state index is 12.3. The molecule has 0 bridgehead atoms. The van der Waals surface area contributed by atoms with Gasteiger partial charge in [-0.2, -0.15) is 0 Å². The van der Waals surface area contributed by atoms with Crippen LogP contribution < -0.4 is 9.62 Å². The molecule has 0 aliphatic carbocycles. The second-order valence-corrected chi connectivity index (χ2v) is 8.59. The number of hydrogen-bond donors (Lipinski definition) is 1. The van der Waals surface area contributed by atoms with Gasteiger partial charge in [-0.3, -0.25) is 0 Å². The highest BCUT2D eigenvalue weighted by Gasteiger charge is 2.13. The van der Waals surface area contributed by atoms with E-state index in [1.165, 1.54) is 24.9 Å². The Morgan fingerprint density at radius 3 is 2.12 bits per heavy atom. The molecule has 0 radical (unpaired) electrons. The molecule has 1 aliphatic rings. The molecule has 0 aromatic heterocycles. The first-order chi connectivity index (χ1) is 12.0. The Hall–Kier alpha value is -1.85. The van der Waals surface area contributed by atoms with E-state index in [0.29, 0.717) is 6.54 Å². The van der Waals surface area contributed by atoms with E-state index in [2.05, 4.69) is 21.8 Å². The van der Waals surface area contributed by atoms with E-state index >= 15 is 0 Å². The minimum absolute atomic E-state index is 0.0130. The Balaban J connectivity index is 1.55. The molecule has 3 rings (SSSR count). The molecule has 1 saturated heterocycles. The summed E-state index contributed by atoms with van der Waals surface area (Å²) in [6.07, 6.45) is 3.82. The van der Waals surface area contributed by atoms with Gasteiger partial charge in [0, 0.05) is 25.3 Å². The molecule has 0 saturated carbocycles. The summed E-state index contributed by atoms with van der Waals surface area (Å²) in [4.78, 5) is 2.40. The molecule has 1 fully saturated rings. The van der Waals surface area contributed by atoms with Crippen molar-refractivity contribution in [3.05, 3.63) is 65.2 Å². The van der Waals surface area contributed by atoms with Crippen molar-refractivity contribution in [1.82, 2.24) is 4.72 Å². The number of nitrogens with zero attached hydrogens (tertiary/aromatic N) is 1. The Labute approximate surface area is 150 Å². The van der Waals surface area contributed by atoms with Crippen molar-refractivity contribution in [3.8, 4) is 0 Å². The van der Waals surface area contributed by atoms with Crippen LogP contribution in [0.5, 0.6) is 0 Å². The van der Waals surface area contributed by atoms with E-state index < -0.39 is 10.0 Å². The first-order valence-corrected chi connectivity index (χ1v) is 10.5. The second kappa shape index (κ2) is 8.02. The number of hydrogen-bond acceptors (Lipinski definition) is 3. The van der Waals surface area contributed by atoms with Gasteiger partial charge < -0.3 is 4.90 Å². The first-order valence-electron chi connectivity index (χ1n) is 8.89. The van der Waals surface area contributed by atoms with Crippen molar-refractivity contribution < 1.29 is 8.42 Å². The average Bonchev–Trinajstić information content (AvgIpc) is 2.63. The van der Waals surface area contributed by atoms with Crippen LogP contribution in [0.4, 0.5) is 5.69 Å². The van der Waals surface area contributed by atoms with Crippen molar-refractivity contribution in [2.75, 3.05) is 18.0 Å². The summed E-state index contributed by atoms with van der Waals surface area (Å²) in [5, 5.41) is 0. The Kier molecular flexibility index (Phi) is 5.76. The van der Waals surface area contributed by atoms with Gasteiger partial charge in [0.25, 0.3) is 0 Å². The van der Waals surface area contributed by atoms with Gasteiger partial charge >= 0.3 is 0 Å². The number of piperidine rings is 1. The normalized spacial score (nSPS) is 15.3. The number of anilines is 1. The lowest BCUT2D eigenvalue weighted by Gasteiger charge is -2.28. The molecule has 0 unspecified atom stereocenters. The third-order valence-electron chi connectivity index (χ3n) is 4.63. The smallest absolute Gasteiger partial charge is 0.216 e. The molecule has 2 aromatic rings. The largest absolute Gasteiger partial charge is 0.372 e. The van der Waals surface area contributed by atoms with Crippen molar-refractivity contribution >= 4 is 15.7 Å². The summed E-state index contributed by atoms with van der Waals surface area (Å²) in [6.45, 7) is 4.55. The summed E-state index contributed by atoms with van der Waals surface area (Å²) >= 11 is 0. The van der Waals surface area contributed by atoms with Crippen LogP contribution in [0.25, 0.3) is 0 Å². The van der Waals surface area contributed by atoms with Crippen LogP contribution >= 0.6 is 0 Å². The maximum Gasteiger partial charge on any atom is 0.216 e. The van der Waals surface area contributed by atoms with Crippen LogP contribution in [0.3, 0.4) is 0 Å². The fourth-order valence-corrected chi connectivity index (χ4v) is 4.24. The van der Waals surface area contributed by atoms with E-state index in [0.717, 1.165) is 29.8 Å². The van der Waals surface area contributed by atoms with Crippen LogP contribution in [0.15, 0.2) is 48.5 Å². The number of rotatable bonds is 6. The minimum atomic E-state index is -3.34. The molecule has 134 valence electrons. The number of benzene rings is 2. The topological polar surface area (TPSA) is 49.4 Å². The quantitative estimate of drug-likeness (QED) is 0.858. The zero-order chi connectivity index (χ0) is 17.7. The molecule has 25 heavy (non-hydrogen) atoms. The van der Waals surface area contributed by atoms with Crippen molar-refractivity contribution in [1.29, 1.82) is 0 Å². The third-order valence-corrected chi connectivity index (χ3v) is 5.93. The van der Waals surface area contributed by atoms with Crippen LogP contribution in [0.2, 0.25) is 0 Å². The van der Waals surface area contributed by atoms with Gasteiger partial charge in [0.2, 0.25) is 10.0 Å². The predicted octanol–water partition coefficient (Wildman–Crippen LogP) is 3.60. The molecular formula is C20H26N2O2S. The molecule has 4 nitrogen and oxygen atoms in total. The zero-order valence-corrected chi connectivity index (χ0v) is 15.6. The number of nitrogens with one attached hydrogen (secondary N) is 1. The average molecular weight is 359 g/mol. The minimum Gasteiger partial charge on any atom is -0.372 e. The molecule has 0 spiro atoms. The van der Waals surface area contributed by atoms with E-state index in [-0.39, 0.29) is 5.75 Å². The highest BCUT2D eigenvalue weighted by atomic mass is 32.2. The third kappa shape index (κ3) is 5.31. The summed E-state index contributed by atoms with van der Waals surface area (Å²) in [5.74, 6) is 0.0130. The lowest BCUT2D eigenvalue weighted by molar-refractivity contribution is 0.577. The summed E-state index contributed by atoms with van der Waals surface area (Å²) < 4.78 is 27.2. The van der Waals surface area contributed by atoms with Crippen LogP contribution in [-0.4, -0.2) is 21.5 Å². The molecular weight excluding hydrogens is 332 g/mol. The van der Waals surface area contributed by atoms with Gasteiger partial charge in [-0.1, -0.05) is 42.0 Å². The Morgan fingerprint density at radius 1 is 0.880 bits per heavy atom. The van der Waals surface area contributed by atoms with Crippen molar-refractivity contribution in [3.63, 3.8) is 0 Å². The summed E-state index contributed by atoms with van der Waals surface area (Å²) in [6, 6.07) is 15.8. The van der Waals surface area contributed by atoms with Gasteiger partial charge in [-0.15, -0.1) is 0 Å². The second-order valence-electron chi connectivity index (χ2n) is 6.78. The Morgan fingerprint density at radius 2 is 1.48 bits per heavy atom. The lowest BCUT2D eigenvalue weighted by atomic mass is 10.1. The van der Waals surface area contributed by atoms with Crippen molar-refractivity contribution in [2.24, 2.45) is 0 Å². The van der Waals surface area contributed by atoms with Gasteiger partial charge in [0.15, 0.2) is 0 Å². The summed E-state index contributed by atoms with van der Waals surface area (Å²) in [5.41, 5.74) is 4.14. The van der Waals surface area contributed by atoms with E-state index in [1.54, 1.807) is 0 Å². The van der Waals surface area contributed by atoms with Gasteiger partial charge in [-0.05, 0) is 49.4 Å². The van der Waals surface area contributed by atoms with Crippen LogP contribution in [-0.2, 0) is 22.3 Å². The van der Waals surface area contributed by atoms with Crippen molar-refractivity contribution in [2.45, 2.75) is 38.5 Å². The zero-order valence-electron chi connectivity index (χ0n) is 14.7. The van der Waals surface area contributed by atoms with E-state index in [4.69, 9.17) is 0 Å². The first kappa shape index (κ1) is 18.0. The van der Waals surface area contributed by atoms with E-state index in [9.17, 15) is 8.42 Å². The molecule has 1 N–H and O–H groups in total. The monoisotopic (exact) mass is 358 g/mol. The Bertz CT molecular complexity index is 777. The maximum absolute atomic E-state index is 12.3. The SMILES string of the molecule is Cc1ccc(CS(=O)(=O)NCc2ccc(N3CCCCC3)cc2)cc1. The van der Waals surface area contributed by atoms with Crippen LogP contribution in [0.1, 0.15) is 36.0 Å². The van der Waals surface area contributed by atoms with Gasteiger partial charge in [0.05, 0.1) is 5.75 Å². The fourth-order valence-electron chi connectivity index (χ4n) is 3.12. The molecule has 2 aromatic carbocycles.